The molecule has 0 aliphatic carbocycles. The molecule has 3 rings (SSSR count). The molecule has 0 bridgehead atoms. The van der Waals surface area contributed by atoms with Crippen LogP contribution in [0.4, 0.5) is 10.1 Å². The number of anilines is 1. The molecular formula is C19H27FN4O2. The molecule has 2 fully saturated rings. The molecule has 0 saturated carbocycles. The lowest BCUT2D eigenvalue weighted by Crippen LogP contribution is -2.63. The first-order valence-corrected chi connectivity index (χ1v) is 9.32. The van der Waals surface area contributed by atoms with E-state index in [0.29, 0.717) is 31.6 Å². The van der Waals surface area contributed by atoms with Crippen molar-refractivity contribution in [2.24, 2.45) is 5.73 Å². The molecule has 0 spiro atoms. The minimum atomic E-state index is -0.565. The predicted molar refractivity (Wildman–Crippen MR) is 98.1 cm³/mol. The van der Waals surface area contributed by atoms with Crippen molar-refractivity contribution < 1.29 is 14.0 Å². The molecule has 7 heteroatoms. The fraction of sp³-hybridized carbons (Fsp3) is 0.579. The number of likely N-dealkylation sites (tertiary alicyclic amines) is 2. The molecule has 1 aromatic rings. The molecule has 6 nitrogen and oxygen atoms in total. The molecule has 3 N–H and O–H groups in total. The van der Waals surface area contributed by atoms with Crippen molar-refractivity contribution in [3.8, 4) is 0 Å². The van der Waals surface area contributed by atoms with Crippen LogP contribution in [0, 0.1) is 5.82 Å². The van der Waals surface area contributed by atoms with Crippen LogP contribution < -0.4 is 11.1 Å². The highest BCUT2D eigenvalue weighted by Gasteiger charge is 2.45. The Balaban J connectivity index is 1.54. The van der Waals surface area contributed by atoms with Gasteiger partial charge in [-0.05, 0) is 63.0 Å². The Morgan fingerprint density at radius 1 is 1.04 bits per heavy atom. The Bertz CT molecular complexity index is 635. The topological polar surface area (TPSA) is 78.7 Å². The van der Waals surface area contributed by atoms with E-state index in [1.807, 2.05) is 4.90 Å². The van der Waals surface area contributed by atoms with E-state index < -0.39 is 5.54 Å². The van der Waals surface area contributed by atoms with Gasteiger partial charge in [0.05, 0.1) is 6.54 Å². The van der Waals surface area contributed by atoms with E-state index in [2.05, 4.69) is 10.2 Å². The summed E-state index contributed by atoms with van der Waals surface area (Å²) in [5.41, 5.74) is 5.80. The molecule has 0 atom stereocenters. The van der Waals surface area contributed by atoms with Gasteiger partial charge in [-0.15, -0.1) is 0 Å². The Morgan fingerprint density at radius 3 is 2.23 bits per heavy atom. The lowest BCUT2D eigenvalue weighted by atomic mass is 9.83. The summed E-state index contributed by atoms with van der Waals surface area (Å²) in [6.45, 7) is 3.43. The third kappa shape index (κ3) is 4.22. The Morgan fingerprint density at radius 2 is 1.65 bits per heavy atom. The first-order chi connectivity index (χ1) is 12.5. The molecule has 26 heavy (non-hydrogen) atoms. The summed E-state index contributed by atoms with van der Waals surface area (Å²) in [6.07, 6.45) is 4.75. The number of nitrogens with two attached hydrogens (primary N) is 1. The summed E-state index contributed by atoms with van der Waals surface area (Å²) in [6, 6.07) is 5.71. The standard InChI is InChI=1S/C19H27FN4O2/c20-15-4-6-16(7-5-15)22-17(25)14-23-12-8-19(9-13-23,18(21)26)24-10-2-1-3-11-24/h4-7H,1-3,8-14H2,(H2,21,26)(H,22,25). The van der Waals surface area contributed by atoms with Gasteiger partial charge in [0.2, 0.25) is 11.8 Å². The quantitative estimate of drug-likeness (QED) is 0.833. The molecule has 0 unspecified atom stereocenters. The maximum absolute atomic E-state index is 12.9. The largest absolute Gasteiger partial charge is 0.368 e. The fourth-order valence-corrected chi connectivity index (χ4v) is 4.06. The summed E-state index contributed by atoms with van der Waals surface area (Å²) in [5, 5.41) is 2.77. The number of amides is 2. The number of halogens is 1. The van der Waals surface area contributed by atoms with Crippen molar-refractivity contribution in [2.45, 2.75) is 37.6 Å². The lowest BCUT2D eigenvalue weighted by Gasteiger charge is -2.48. The van der Waals surface area contributed by atoms with Crippen LogP contribution in [0.3, 0.4) is 0 Å². The lowest BCUT2D eigenvalue weighted by molar-refractivity contribution is -0.135. The van der Waals surface area contributed by atoms with Crippen LogP contribution in [0.1, 0.15) is 32.1 Å². The minimum Gasteiger partial charge on any atom is -0.368 e. The summed E-state index contributed by atoms with van der Waals surface area (Å²) < 4.78 is 12.9. The molecule has 1 aromatic carbocycles. The van der Waals surface area contributed by atoms with Crippen molar-refractivity contribution in [1.29, 1.82) is 0 Å². The highest BCUT2D eigenvalue weighted by molar-refractivity contribution is 5.92. The molecule has 2 aliphatic heterocycles. The van der Waals surface area contributed by atoms with Crippen molar-refractivity contribution in [1.82, 2.24) is 9.80 Å². The van der Waals surface area contributed by atoms with Crippen molar-refractivity contribution in [2.75, 3.05) is 38.0 Å². The average molecular weight is 362 g/mol. The normalized spacial score (nSPS) is 21.3. The third-order valence-electron chi connectivity index (χ3n) is 5.60. The van der Waals surface area contributed by atoms with Crippen LogP contribution in [-0.2, 0) is 9.59 Å². The number of nitrogens with one attached hydrogen (secondary N) is 1. The van der Waals surface area contributed by atoms with Gasteiger partial charge in [-0.3, -0.25) is 19.4 Å². The monoisotopic (exact) mass is 362 g/mol. The predicted octanol–water partition coefficient (Wildman–Crippen LogP) is 1.57. The number of hydrogen-bond acceptors (Lipinski definition) is 4. The summed E-state index contributed by atoms with van der Waals surface area (Å²) in [4.78, 5) is 28.7. The second-order valence-corrected chi connectivity index (χ2v) is 7.27. The van der Waals surface area contributed by atoms with E-state index in [9.17, 15) is 14.0 Å². The number of carbonyl (C=O) groups is 2. The van der Waals surface area contributed by atoms with Crippen LogP contribution in [-0.4, -0.2) is 59.9 Å². The summed E-state index contributed by atoms with van der Waals surface area (Å²) >= 11 is 0. The van der Waals surface area contributed by atoms with Gasteiger partial charge in [-0.25, -0.2) is 4.39 Å². The summed E-state index contributed by atoms with van der Waals surface area (Å²) in [7, 11) is 0. The molecule has 2 amide bonds. The smallest absolute Gasteiger partial charge is 0.238 e. The minimum absolute atomic E-state index is 0.138. The highest BCUT2D eigenvalue weighted by atomic mass is 19.1. The molecule has 2 saturated heterocycles. The van der Waals surface area contributed by atoms with E-state index in [1.54, 1.807) is 0 Å². The number of nitrogens with zero attached hydrogens (tertiary/aromatic N) is 2. The zero-order valence-corrected chi connectivity index (χ0v) is 15.0. The maximum atomic E-state index is 12.9. The zero-order chi connectivity index (χ0) is 18.6. The molecule has 142 valence electrons. The van der Waals surface area contributed by atoms with Crippen molar-refractivity contribution >= 4 is 17.5 Å². The Labute approximate surface area is 153 Å². The molecule has 2 aliphatic rings. The van der Waals surface area contributed by atoms with E-state index in [4.69, 9.17) is 5.73 Å². The number of piperidine rings is 2. The second kappa shape index (κ2) is 8.14. The molecule has 0 radical (unpaired) electrons. The van der Waals surface area contributed by atoms with Crippen LogP contribution in [0.25, 0.3) is 0 Å². The SMILES string of the molecule is NC(=O)C1(N2CCCCC2)CCN(CC(=O)Nc2ccc(F)cc2)CC1. The van der Waals surface area contributed by atoms with Crippen LogP contribution in [0.15, 0.2) is 24.3 Å². The van der Waals surface area contributed by atoms with Gasteiger partial charge in [0.25, 0.3) is 0 Å². The van der Waals surface area contributed by atoms with Crippen LogP contribution in [0.2, 0.25) is 0 Å². The van der Waals surface area contributed by atoms with E-state index >= 15 is 0 Å². The number of hydrogen-bond donors (Lipinski definition) is 2. The number of carbonyl (C=O) groups excluding carboxylic acids is 2. The molecular weight excluding hydrogens is 335 g/mol. The maximum Gasteiger partial charge on any atom is 0.238 e. The number of primary amides is 1. The second-order valence-electron chi connectivity index (χ2n) is 7.27. The Hall–Kier alpha value is -1.99. The summed E-state index contributed by atoms with van der Waals surface area (Å²) in [5.74, 6) is -0.712. The first kappa shape index (κ1) is 18.8. The van der Waals surface area contributed by atoms with E-state index in [1.165, 1.54) is 30.7 Å². The molecule has 0 aromatic heterocycles. The Kier molecular flexibility index (Phi) is 5.88. The molecule has 2 heterocycles. The van der Waals surface area contributed by atoms with Gasteiger partial charge >= 0.3 is 0 Å². The third-order valence-corrected chi connectivity index (χ3v) is 5.60. The highest BCUT2D eigenvalue weighted by Crippen LogP contribution is 2.31. The van der Waals surface area contributed by atoms with Gasteiger partial charge < -0.3 is 11.1 Å². The average Bonchev–Trinajstić information content (AvgIpc) is 2.65. The number of benzene rings is 1. The van der Waals surface area contributed by atoms with Gasteiger partial charge in [0, 0.05) is 18.8 Å². The van der Waals surface area contributed by atoms with Gasteiger partial charge in [-0.1, -0.05) is 6.42 Å². The van der Waals surface area contributed by atoms with Crippen LogP contribution >= 0.6 is 0 Å². The van der Waals surface area contributed by atoms with Crippen molar-refractivity contribution in [3.05, 3.63) is 30.1 Å². The van der Waals surface area contributed by atoms with Crippen molar-refractivity contribution in [3.63, 3.8) is 0 Å². The number of rotatable bonds is 5. The van der Waals surface area contributed by atoms with E-state index in [-0.39, 0.29) is 24.2 Å². The van der Waals surface area contributed by atoms with E-state index in [0.717, 1.165) is 25.9 Å². The fourth-order valence-electron chi connectivity index (χ4n) is 4.06. The van der Waals surface area contributed by atoms with Gasteiger partial charge in [-0.2, -0.15) is 0 Å². The first-order valence-electron chi connectivity index (χ1n) is 9.32. The van der Waals surface area contributed by atoms with Gasteiger partial charge in [0.1, 0.15) is 11.4 Å². The van der Waals surface area contributed by atoms with Crippen LogP contribution in [0.5, 0.6) is 0 Å². The zero-order valence-electron chi connectivity index (χ0n) is 15.0. The van der Waals surface area contributed by atoms with Gasteiger partial charge in [0.15, 0.2) is 0 Å².